The third kappa shape index (κ3) is 3.64. The lowest BCUT2D eigenvalue weighted by atomic mass is 10.1. The van der Waals surface area contributed by atoms with E-state index in [1.54, 1.807) is 9.80 Å². The van der Waals surface area contributed by atoms with Crippen LogP contribution in [-0.2, 0) is 13.1 Å². The van der Waals surface area contributed by atoms with Gasteiger partial charge in [0.25, 0.3) is 0 Å². The third-order valence-corrected chi connectivity index (χ3v) is 5.17. The first-order valence-electron chi connectivity index (χ1n) is 8.97. The number of aromatic amines is 1. The van der Waals surface area contributed by atoms with Crippen molar-refractivity contribution in [3.63, 3.8) is 0 Å². The van der Waals surface area contributed by atoms with Crippen molar-refractivity contribution >= 4 is 10.8 Å². The number of benzene rings is 2. The standard InChI is InChI=1S/C21H23N3/c1-2-4-21-15-19(5-6-20(21)3-1)17-24-13-11-23(12-14-24)16-18-7-9-22-10-8-18/h1-10,15H,11-14,16-17H2/p+3. The first kappa shape index (κ1) is 15.3. The molecule has 1 saturated heterocycles. The second-order valence-corrected chi connectivity index (χ2v) is 6.94. The summed E-state index contributed by atoms with van der Waals surface area (Å²) in [5.74, 6) is 0. The molecule has 2 heterocycles. The van der Waals surface area contributed by atoms with E-state index in [0.29, 0.717) is 0 Å². The molecular formula is C21H26N3+3. The normalized spacial score (nSPS) is 21.0. The number of hydrogen-bond acceptors (Lipinski definition) is 0. The van der Waals surface area contributed by atoms with Crippen LogP contribution in [0.25, 0.3) is 10.8 Å². The van der Waals surface area contributed by atoms with Gasteiger partial charge in [0, 0.05) is 23.3 Å². The Morgan fingerprint density at radius 2 is 1.29 bits per heavy atom. The lowest BCUT2D eigenvalue weighted by Gasteiger charge is -2.29. The largest absolute Gasteiger partial charge is 0.322 e. The molecule has 3 N–H and O–H groups in total. The SMILES string of the molecule is c1ccc2cc(C[NH+]3CC[NH+](Cc4cc[nH+]cc4)CC3)ccc2c1. The van der Waals surface area contributed by atoms with Crippen LogP contribution in [0.1, 0.15) is 11.1 Å². The van der Waals surface area contributed by atoms with Crippen molar-refractivity contribution in [2.24, 2.45) is 0 Å². The van der Waals surface area contributed by atoms with Gasteiger partial charge >= 0.3 is 0 Å². The van der Waals surface area contributed by atoms with Crippen LogP contribution in [0, 0.1) is 0 Å². The molecule has 1 aliphatic heterocycles. The lowest BCUT2D eigenvalue weighted by Crippen LogP contribution is -3.27. The van der Waals surface area contributed by atoms with Gasteiger partial charge in [-0.2, -0.15) is 0 Å². The van der Waals surface area contributed by atoms with E-state index >= 15 is 0 Å². The summed E-state index contributed by atoms with van der Waals surface area (Å²) in [4.78, 5) is 6.53. The van der Waals surface area contributed by atoms with Crippen LogP contribution in [0.5, 0.6) is 0 Å². The molecule has 0 radical (unpaired) electrons. The van der Waals surface area contributed by atoms with Gasteiger partial charge in [-0.15, -0.1) is 0 Å². The minimum atomic E-state index is 1.15. The fourth-order valence-corrected chi connectivity index (χ4v) is 3.78. The van der Waals surface area contributed by atoms with Crippen LogP contribution in [0.2, 0.25) is 0 Å². The maximum Gasteiger partial charge on any atom is 0.167 e. The minimum absolute atomic E-state index is 1.15. The van der Waals surface area contributed by atoms with Crippen molar-refractivity contribution in [1.29, 1.82) is 0 Å². The monoisotopic (exact) mass is 320 g/mol. The third-order valence-electron chi connectivity index (χ3n) is 5.17. The number of piperazine rings is 1. The van der Waals surface area contributed by atoms with Crippen LogP contribution >= 0.6 is 0 Å². The average molecular weight is 320 g/mol. The number of H-pyrrole nitrogens is 1. The number of hydrogen-bond donors (Lipinski definition) is 2. The molecule has 0 amide bonds. The van der Waals surface area contributed by atoms with Crippen molar-refractivity contribution in [3.05, 3.63) is 78.1 Å². The molecule has 3 aromatic rings. The average Bonchev–Trinajstić information content (AvgIpc) is 2.64. The molecule has 122 valence electrons. The number of aromatic nitrogens is 1. The molecule has 0 atom stereocenters. The predicted octanol–water partition coefficient (Wildman–Crippen LogP) is 0.138. The highest BCUT2D eigenvalue weighted by molar-refractivity contribution is 5.82. The number of quaternary nitrogens is 2. The summed E-state index contributed by atoms with van der Waals surface area (Å²) in [5.41, 5.74) is 2.90. The summed E-state index contributed by atoms with van der Waals surface area (Å²) in [6.45, 7) is 7.36. The van der Waals surface area contributed by atoms with Crippen molar-refractivity contribution in [3.8, 4) is 0 Å². The molecule has 1 aromatic heterocycles. The number of fused-ring (bicyclic) bond motifs is 1. The van der Waals surface area contributed by atoms with Crippen molar-refractivity contribution in [1.82, 2.24) is 0 Å². The van der Waals surface area contributed by atoms with Crippen LogP contribution in [0.4, 0.5) is 0 Å². The van der Waals surface area contributed by atoms with E-state index in [1.165, 1.54) is 48.1 Å². The van der Waals surface area contributed by atoms with Gasteiger partial charge in [0.15, 0.2) is 12.4 Å². The summed E-state index contributed by atoms with van der Waals surface area (Å²) < 4.78 is 0. The molecule has 0 bridgehead atoms. The highest BCUT2D eigenvalue weighted by Gasteiger charge is 2.23. The van der Waals surface area contributed by atoms with Crippen LogP contribution < -0.4 is 14.8 Å². The maximum absolute atomic E-state index is 3.10. The predicted molar refractivity (Wildman–Crippen MR) is 95.7 cm³/mol. The Hall–Kier alpha value is -2.23. The van der Waals surface area contributed by atoms with E-state index in [9.17, 15) is 0 Å². The zero-order valence-corrected chi connectivity index (χ0v) is 14.1. The molecule has 1 aliphatic rings. The van der Waals surface area contributed by atoms with E-state index in [-0.39, 0.29) is 0 Å². The van der Waals surface area contributed by atoms with Gasteiger partial charge in [0.1, 0.15) is 39.3 Å². The quantitative estimate of drug-likeness (QED) is 0.683. The summed E-state index contributed by atoms with van der Waals surface area (Å²) >= 11 is 0. The van der Waals surface area contributed by atoms with Crippen LogP contribution in [0.3, 0.4) is 0 Å². The Kier molecular flexibility index (Phi) is 4.54. The van der Waals surface area contributed by atoms with Gasteiger partial charge in [0.05, 0.1) is 0 Å². The summed E-state index contributed by atoms with van der Waals surface area (Å²) in [5, 5.41) is 2.70. The molecule has 1 fully saturated rings. The van der Waals surface area contributed by atoms with Gasteiger partial charge in [0.2, 0.25) is 0 Å². The Morgan fingerprint density at radius 1 is 0.667 bits per heavy atom. The summed E-state index contributed by atoms with van der Waals surface area (Å²) in [7, 11) is 0. The maximum atomic E-state index is 3.10. The minimum Gasteiger partial charge on any atom is -0.322 e. The van der Waals surface area contributed by atoms with Crippen LogP contribution in [-0.4, -0.2) is 26.2 Å². The van der Waals surface area contributed by atoms with Gasteiger partial charge in [-0.05, 0) is 16.8 Å². The molecule has 3 heteroatoms. The molecule has 4 rings (SSSR count). The van der Waals surface area contributed by atoms with Crippen LogP contribution in [0.15, 0.2) is 67.0 Å². The molecule has 2 aromatic carbocycles. The number of nitrogens with one attached hydrogen (secondary N) is 3. The zero-order chi connectivity index (χ0) is 16.2. The molecular weight excluding hydrogens is 294 g/mol. The Morgan fingerprint density at radius 3 is 2.00 bits per heavy atom. The van der Waals surface area contributed by atoms with E-state index in [4.69, 9.17) is 0 Å². The molecule has 0 saturated carbocycles. The van der Waals surface area contributed by atoms with Gasteiger partial charge in [-0.1, -0.05) is 36.4 Å². The fourth-order valence-electron chi connectivity index (χ4n) is 3.78. The fraction of sp³-hybridized carbons (Fsp3) is 0.286. The van der Waals surface area contributed by atoms with E-state index < -0.39 is 0 Å². The molecule has 0 spiro atoms. The topological polar surface area (TPSA) is 23.0 Å². The molecule has 0 unspecified atom stereocenters. The van der Waals surface area contributed by atoms with Crippen molar-refractivity contribution < 1.29 is 14.8 Å². The molecule has 24 heavy (non-hydrogen) atoms. The number of pyridine rings is 1. The lowest BCUT2D eigenvalue weighted by molar-refractivity contribution is -1.02. The number of rotatable bonds is 4. The Bertz CT molecular complexity index is 792. The smallest absolute Gasteiger partial charge is 0.167 e. The molecule has 0 aliphatic carbocycles. The van der Waals surface area contributed by atoms with Gasteiger partial charge in [-0.25, -0.2) is 4.98 Å². The van der Waals surface area contributed by atoms with Crippen molar-refractivity contribution in [2.45, 2.75) is 13.1 Å². The summed E-state index contributed by atoms with van der Waals surface area (Å²) in [6.07, 6.45) is 4.05. The van der Waals surface area contributed by atoms with Gasteiger partial charge < -0.3 is 9.80 Å². The highest BCUT2D eigenvalue weighted by Crippen LogP contribution is 2.14. The Balaban J connectivity index is 1.34. The first-order valence-corrected chi connectivity index (χ1v) is 8.97. The van der Waals surface area contributed by atoms with E-state index in [1.807, 2.05) is 12.4 Å². The summed E-state index contributed by atoms with van der Waals surface area (Å²) in [6, 6.07) is 20.0. The second-order valence-electron chi connectivity index (χ2n) is 6.94. The Labute approximate surface area is 143 Å². The highest BCUT2D eigenvalue weighted by atomic mass is 15.3. The van der Waals surface area contributed by atoms with Crippen molar-refractivity contribution in [2.75, 3.05) is 26.2 Å². The zero-order valence-electron chi connectivity index (χ0n) is 14.1. The van der Waals surface area contributed by atoms with Gasteiger partial charge in [-0.3, -0.25) is 0 Å². The first-order chi connectivity index (χ1) is 11.9. The van der Waals surface area contributed by atoms with E-state index in [2.05, 4.69) is 59.6 Å². The second kappa shape index (κ2) is 7.12. The molecule has 3 nitrogen and oxygen atoms in total. The van der Waals surface area contributed by atoms with E-state index in [0.717, 1.165) is 13.1 Å².